The van der Waals surface area contributed by atoms with Gasteiger partial charge in [0, 0.05) is 25.0 Å². The molecule has 0 aromatic carbocycles. The Labute approximate surface area is 115 Å². The van der Waals surface area contributed by atoms with Gasteiger partial charge in [-0.1, -0.05) is 27.7 Å². The first-order valence-electron chi connectivity index (χ1n) is 6.67. The van der Waals surface area contributed by atoms with Crippen LogP contribution in [0.2, 0.25) is 0 Å². The SMILES string of the molecule is CNc1cc(C)ncc1C(=O)NC1C(C)(C)C1(C)C. The van der Waals surface area contributed by atoms with E-state index in [-0.39, 0.29) is 22.8 Å². The van der Waals surface area contributed by atoms with E-state index in [0.717, 1.165) is 11.4 Å². The van der Waals surface area contributed by atoms with E-state index >= 15 is 0 Å². The first-order valence-corrected chi connectivity index (χ1v) is 6.67. The fraction of sp³-hybridized carbons (Fsp3) is 0.600. The summed E-state index contributed by atoms with van der Waals surface area (Å²) in [5.41, 5.74) is 2.60. The van der Waals surface area contributed by atoms with Gasteiger partial charge in [-0.15, -0.1) is 0 Å². The third-order valence-electron chi connectivity index (χ3n) is 4.85. The summed E-state index contributed by atoms with van der Waals surface area (Å²) in [4.78, 5) is 16.6. The number of carbonyl (C=O) groups excluding carboxylic acids is 1. The van der Waals surface area contributed by atoms with Crippen LogP contribution in [0.1, 0.15) is 43.7 Å². The standard InChI is InChI=1S/C15H23N3O/c1-9-7-11(16-6)10(8-17-9)12(19)18-13-14(2,3)15(13,4)5/h7-8,13H,1-6H3,(H,16,17)(H,18,19). The Balaban J connectivity index is 2.18. The van der Waals surface area contributed by atoms with Gasteiger partial charge in [0.25, 0.3) is 5.91 Å². The summed E-state index contributed by atoms with van der Waals surface area (Å²) < 4.78 is 0. The highest BCUT2D eigenvalue weighted by atomic mass is 16.1. The smallest absolute Gasteiger partial charge is 0.255 e. The minimum Gasteiger partial charge on any atom is -0.387 e. The number of aryl methyl sites for hydroxylation is 1. The van der Waals surface area contributed by atoms with Crippen LogP contribution in [0.25, 0.3) is 0 Å². The molecular formula is C15H23N3O. The number of rotatable bonds is 3. The van der Waals surface area contributed by atoms with Crippen molar-refractivity contribution in [2.24, 2.45) is 10.8 Å². The van der Waals surface area contributed by atoms with Gasteiger partial charge in [-0.25, -0.2) is 0 Å². The fourth-order valence-electron chi connectivity index (χ4n) is 2.71. The molecule has 0 aliphatic heterocycles. The van der Waals surface area contributed by atoms with Crippen molar-refractivity contribution in [1.82, 2.24) is 10.3 Å². The topological polar surface area (TPSA) is 54.0 Å². The van der Waals surface area contributed by atoms with Gasteiger partial charge < -0.3 is 10.6 Å². The lowest BCUT2D eigenvalue weighted by Crippen LogP contribution is -2.30. The zero-order valence-corrected chi connectivity index (χ0v) is 12.6. The lowest BCUT2D eigenvalue weighted by Gasteiger charge is -2.11. The molecule has 0 unspecified atom stereocenters. The molecular weight excluding hydrogens is 238 g/mol. The molecule has 0 spiro atoms. The maximum Gasteiger partial charge on any atom is 0.255 e. The van der Waals surface area contributed by atoms with Crippen molar-refractivity contribution in [3.05, 3.63) is 23.5 Å². The molecule has 2 N–H and O–H groups in total. The van der Waals surface area contributed by atoms with E-state index in [1.54, 1.807) is 6.20 Å². The second-order valence-corrected chi connectivity index (χ2v) is 6.47. The lowest BCUT2D eigenvalue weighted by atomic mass is 10.0. The highest BCUT2D eigenvalue weighted by Crippen LogP contribution is 2.62. The fourth-order valence-corrected chi connectivity index (χ4v) is 2.71. The number of amides is 1. The molecule has 104 valence electrons. The monoisotopic (exact) mass is 261 g/mol. The molecule has 0 saturated heterocycles. The summed E-state index contributed by atoms with van der Waals surface area (Å²) in [6, 6.07) is 2.09. The molecule has 0 bridgehead atoms. The van der Waals surface area contributed by atoms with E-state index in [4.69, 9.17) is 0 Å². The summed E-state index contributed by atoms with van der Waals surface area (Å²) >= 11 is 0. The van der Waals surface area contributed by atoms with Crippen molar-refractivity contribution in [2.75, 3.05) is 12.4 Å². The molecule has 2 rings (SSSR count). The maximum absolute atomic E-state index is 12.4. The molecule has 1 aromatic rings. The predicted octanol–water partition coefficient (Wildman–Crippen LogP) is 2.60. The number of hydrogen-bond acceptors (Lipinski definition) is 3. The normalized spacial score (nSPS) is 19.9. The summed E-state index contributed by atoms with van der Waals surface area (Å²) in [6.45, 7) is 10.7. The summed E-state index contributed by atoms with van der Waals surface area (Å²) in [6.07, 6.45) is 1.64. The van der Waals surface area contributed by atoms with Crippen LogP contribution in [0, 0.1) is 17.8 Å². The Morgan fingerprint density at radius 2 is 1.84 bits per heavy atom. The largest absolute Gasteiger partial charge is 0.387 e. The van der Waals surface area contributed by atoms with E-state index in [1.807, 2.05) is 20.0 Å². The molecule has 1 amide bonds. The van der Waals surface area contributed by atoms with Gasteiger partial charge in [-0.2, -0.15) is 0 Å². The van der Waals surface area contributed by atoms with Crippen molar-refractivity contribution in [3.8, 4) is 0 Å². The predicted molar refractivity (Wildman–Crippen MR) is 77.3 cm³/mol. The van der Waals surface area contributed by atoms with Crippen molar-refractivity contribution in [2.45, 2.75) is 40.7 Å². The number of aromatic nitrogens is 1. The third kappa shape index (κ3) is 2.09. The van der Waals surface area contributed by atoms with Gasteiger partial charge in [0.15, 0.2) is 0 Å². The van der Waals surface area contributed by atoms with Crippen LogP contribution in [-0.2, 0) is 0 Å². The van der Waals surface area contributed by atoms with E-state index < -0.39 is 0 Å². The molecule has 0 radical (unpaired) electrons. The highest BCUT2D eigenvalue weighted by Gasteiger charge is 2.65. The minimum atomic E-state index is -0.0551. The Bertz CT molecular complexity index is 506. The van der Waals surface area contributed by atoms with Crippen LogP contribution < -0.4 is 10.6 Å². The first kappa shape index (κ1) is 13.8. The molecule has 1 saturated carbocycles. The average Bonchev–Trinajstić information content (AvgIpc) is 2.71. The molecule has 4 heteroatoms. The zero-order valence-electron chi connectivity index (χ0n) is 12.6. The number of anilines is 1. The van der Waals surface area contributed by atoms with Crippen molar-refractivity contribution in [3.63, 3.8) is 0 Å². The number of carbonyl (C=O) groups is 1. The second-order valence-electron chi connectivity index (χ2n) is 6.47. The minimum absolute atomic E-state index is 0.0551. The molecule has 0 atom stereocenters. The van der Waals surface area contributed by atoms with Crippen molar-refractivity contribution >= 4 is 11.6 Å². The molecule has 1 aliphatic carbocycles. The number of nitrogens with zero attached hydrogens (tertiary/aromatic N) is 1. The Kier molecular flexibility index (Phi) is 3.07. The molecule has 1 aliphatic rings. The quantitative estimate of drug-likeness (QED) is 0.879. The molecule has 1 fully saturated rings. The van der Waals surface area contributed by atoms with E-state index in [0.29, 0.717) is 5.56 Å². The van der Waals surface area contributed by atoms with E-state index in [1.165, 1.54) is 0 Å². The first-order chi connectivity index (χ1) is 8.71. The van der Waals surface area contributed by atoms with Gasteiger partial charge in [0.1, 0.15) is 0 Å². The number of nitrogens with one attached hydrogen (secondary N) is 2. The van der Waals surface area contributed by atoms with Gasteiger partial charge in [-0.3, -0.25) is 9.78 Å². The second kappa shape index (κ2) is 4.22. The number of hydrogen-bond donors (Lipinski definition) is 2. The van der Waals surface area contributed by atoms with Gasteiger partial charge in [0.2, 0.25) is 0 Å². The van der Waals surface area contributed by atoms with Crippen LogP contribution >= 0.6 is 0 Å². The maximum atomic E-state index is 12.4. The van der Waals surface area contributed by atoms with Crippen LogP contribution in [0.5, 0.6) is 0 Å². The molecule has 4 nitrogen and oxygen atoms in total. The Hall–Kier alpha value is -1.58. The third-order valence-corrected chi connectivity index (χ3v) is 4.85. The Morgan fingerprint density at radius 3 is 2.32 bits per heavy atom. The summed E-state index contributed by atoms with van der Waals surface area (Å²) in [5.74, 6) is -0.0551. The van der Waals surface area contributed by atoms with Crippen LogP contribution in [0.4, 0.5) is 5.69 Å². The van der Waals surface area contributed by atoms with E-state index in [2.05, 4.69) is 43.3 Å². The van der Waals surface area contributed by atoms with Crippen LogP contribution in [0.15, 0.2) is 12.3 Å². The van der Waals surface area contributed by atoms with Crippen molar-refractivity contribution in [1.29, 1.82) is 0 Å². The van der Waals surface area contributed by atoms with Gasteiger partial charge >= 0.3 is 0 Å². The Morgan fingerprint density at radius 1 is 1.26 bits per heavy atom. The van der Waals surface area contributed by atoms with Crippen LogP contribution in [-0.4, -0.2) is 24.0 Å². The van der Waals surface area contributed by atoms with E-state index in [9.17, 15) is 4.79 Å². The number of pyridine rings is 1. The van der Waals surface area contributed by atoms with Gasteiger partial charge in [0.05, 0.1) is 11.3 Å². The lowest BCUT2D eigenvalue weighted by molar-refractivity contribution is 0.0944. The summed E-state index contributed by atoms with van der Waals surface area (Å²) in [5, 5.41) is 6.18. The molecule has 19 heavy (non-hydrogen) atoms. The van der Waals surface area contributed by atoms with Crippen molar-refractivity contribution < 1.29 is 4.79 Å². The van der Waals surface area contributed by atoms with Crippen LogP contribution in [0.3, 0.4) is 0 Å². The summed E-state index contributed by atoms with van der Waals surface area (Å²) in [7, 11) is 1.82. The highest BCUT2D eigenvalue weighted by molar-refractivity contribution is 5.99. The molecule has 1 heterocycles. The van der Waals surface area contributed by atoms with Gasteiger partial charge in [-0.05, 0) is 23.8 Å². The average molecular weight is 261 g/mol. The molecule has 1 aromatic heterocycles. The zero-order chi connectivity index (χ0) is 14.4.